The van der Waals surface area contributed by atoms with Crippen molar-refractivity contribution < 1.29 is 19.8 Å². The van der Waals surface area contributed by atoms with E-state index < -0.39 is 11.9 Å². The average molecular weight is 519 g/mol. The topological polar surface area (TPSA) is 74.6 Å². The second-order valence-corrected chi connectivity index (χ2v) is 12.5. The minimum Gasteiger partial charge on any atom is -0.478 e. The average Bonchev–Trinajstić information content (AvgIpc) is 2.81. The molecule has 0 radical (unpaired) electrons. The zero-order valence-corrected chi connectivity index (χ0v) is 25.2. The molecule has 2 aromatic carbocycles. The third-order valence-electron chi connectivity index (χ3n) is 7.31. The first-order chi connectivity index (χ1) is 17.4. The van der Waals surface area contributed by atoms with Gasteiger partial charge in [0.25, 0.3) is 0 Å². The zero-order valence-electron chi connectivity index (χ0n) is 25.2. The van der Waals surface area contributed by atoms with Gasteiger partial charge in [0.1, 0.15) is 0 Å². The van der Waals surface area contributed by atoms with Crippen molar-refractivity contribution in [2.45, 2.75) is 106 Å². The summed E-state index contributed by atoms with van der Waals surface area (Å²) < 4.78 is 0. The molecule has 0 fully saturated rings. The van der Waals surface area contributed by atoms with E-state index >= 15 is 0 Å². The van der Waals surface area contributed by atoms with Gasteiger partial charge in [-0.3, -0.25) is 0 Å². The first-order valence-electron chi connectivity index (χ1n) is 13.6. The van der Waals surface area contributed by atoms with Crippen molar-refractivity contribution in [3.63, 3.8) is 0 Å². The summed E-state index contributed by atoms with van der Waals surface area (Å²) in [5.74, 6) is -1.98. The Morgan fingerprint density at radius 3 is 1.26 bits per heavy atom. The van der Waals surface area contributed by atoms with E-state index in [-0.39, 0.29) is 27.9 Å². The van der Waals surface area contributed by atoms with Crippen LogP contribution >= 0.6 is 0 Å². The molecule has 0 atom stereocenters. The lowest BCUT2D eigenvalue weighted by molar-refractivity contribution is -0.133. The van der Waals surface area contributed by atoms with E-state index in [0.717, 1.165) is 46.2 Å². The van der Waals surface area contributed by atoms with Gasteiger partial charge in [-0.1, -0.05) is 86.6 Å². The first kappa shape index (κ1) is 31.1. The SMILES string of the molecule is CCc1cc(C(C)c2cc(CC)cc(C(C)(C)C)c2C=C(C)C(=O)O)c(C=C(C)C(=O)O)c(C(C)(C)C)c1. The molecule has 0 aromatic heterocycles. The highest BCUT2D eigenvalue weighted by atomic mass is 16.4. The molecule has 2 rings (SSSR count). The van der Waals surface area contributed by atoms with Crippen molar-refractivity contribution in [3.05, 3.63) is 79.9 Å². The van der Waals surface area contributed by atoms with Gasteiger partial charge in [-0.05, 0) is 94.2 Å². The molecular formula is C34H46O4. The van der Waals surface area contributed by atoms with Crippen molar-refractivity contribution in [2.75, 3.05) is 0 Å². The predicted molar refractivity (Wildman–Crippen MR) is 159 cm³/mol. The van der Waals surface area contributed by atoms with E-state index in [9.17, 15) is 19.8 Å². The molecule has 2 N–H and O–H groups in total. The Labute approximate surface area is 229 Å². The Morgan fingerprint density at radius 1 is 0.711 bits per heavy atom. The molecule has 4 heteroatoms. The number of aryl methyl sites for hydroxylation is 2. The fourth-order valence-electron chi connectivity index (χ4n) is 4.89. The summed E-state index contributed by atoms with van der Waals surface area (Å²) in [6.07, 6.45) is 5.33. The lowest BCUT2D eigenvalue weighted by Gasteiger charge is -2.30. The van der Waals surface area contributed by atoms with Gasteiger partial charge in [0.05, 0.1) is 0 Å². The van der Waals surface area contributed by atoms with Crippen LogP contribution in [0.1, 0.15) is 127 Å². The molecule has 206 valence electrons. The fraction of sp³-hybridized carbons (Fsp3) is 0.471. The molecule has 0 aliphatic carbocycles. The summed E-state index contributed by atoms with van der Waals surface area (Å²) in [7, 11) is 0. The summed E-state index contributed by atoms with van der Waals surface area (Å²) in [5, 5.41) is 19.5. The van der Waals surface area contributed by atoms with Gasteiger partial charge in [-0.15, -0.1) is 0 Å². The standard InChI is InChI=1S/C34H46O4/c1-12-23-16-25(27(14-20(3)31(35)36)29(18-23)33(6,7)8)22(5)26-17-24(13-2)19-30(34(9,10)11)28(26)15-21(4)32(37)38/h14-19,22H,12-13H2,1-11H3,(H,35,36)(H,37,38). The molecule has 0 aliphatic heterocycles. The van der Waals surface area contributed by atoms with E-state index in [0.29, 0.717) is 0 Å². The van der Waals surface area contributed by atoms with Crippen molar-refractivity contribution in [1.82, 2.24) is 0 Å². The number of aliphatic carboxylic acids is 2. The van der Waals surface area contributed by atoms with Crippen LogP contribution in [0.5, 0.6) is 0 Å². The van der Waals surface area contributed by atoms with Crippen LogP contribution in [0, 0.1) is 0 Å². The van der Waals surface area contributed by atoms with E-state index in [2.05, 4.69) is 86.6 Å². The van der Waals surface area contributed by atoms with E-state index in [1.165, 1.54) is 11.1 Å². The number of carboxylic acid groups (broad SMARTS) is 2. The monoisotopic (exact) mass is 518 g/mol. The van der Waals surface area contributed by atoms with E-state index in [1.54, 1.807) is 26.0 Å². The van der Waals surface area contributed by atoms with Crippen LogP contribution in [0.3, 0.4) is 0 Å². The maximum absolute atomic E-state index is 11.9. The number of benzene rings is 2. The number of hydrogen-bond acceptors (Lipinski definition) is 2. The molecule has 0 heterocycles. The molecule has 0 saturated carbocycles. The Kier molecular flexibility index (Phi) is 9.58. The molecule has 0 spiro atoms. The fourth-order valence-corrected chi connectivity index (χ4v) is 4.89. The Bertz CT molecular complexity index is 1180. The van der Waals surface area contributed by atoms with Crippen molar-refractivity contribution in [3.8, 4) is 0 Å². The predicted octanol–water partition coefficient (Wildman–Crippen LogP) is 8.53. The van der Waals surface area contributed by atoms with Crippen molar-refractivity contribution in [1.29, 1.82) is 0 Å². The maximum Gasteiger partial charge on any atom is 0.331 e. The molecule has 2 aromatic rings. The molecular weight excluding hydrogens is 472 g/mol. The molecule has 0 amide bonds. The lowest BCUT2D eigenvalue weighted by atomic mass is 9.74. The molecule has 4 nitrogen and oxygen atoms in total. The Balaban J connectivity index is 3.11. The molecule has 0 aliphatic rings. The minimum absolute atomic E-state index is 0.101. The van der Waals surface area contributed by atoms with Crippen LogP contribution in [-0.4, -0.2) is 22.2 Å². The van der Waals surface area contributed by atoms with Gasteiger partial charge in [-0.25, -0.2) is 9.59 Å². The summed E-state index contributed by atoms with van der Waals surface area (Å²) in [5.41, 5.74) is 8.78. The van der Waals surface area contributed by atoms with Crippen LogP contribution in [0.15, 0.2) is 35.4 Å². The van der Waals surface area contributed by atoms with Crippen LogP contribution in [0.4, 0.5) is 0 Å². The molecule has 0 unspecified atom stereocenters. The zero-order chi connectivity index (χ0) is 29.2. The Hall–Kier alpha value is -3.14. The van der Waals surface area contributed by atoms with Gasteiger partial charge >= 0.3 is 11.9 Å². The van der Waals surface area contributed by atoms with Crippen molar-refractivity contribution in [2.24, 2.45) is 0 Å². The summed E-state index contributed by atoms with van der Waals surface area (Å²) in [6.45, 7) is 22.6. The molecule has 0 saturated heterocycles. The van der Waals surface area contributed by atoms with Gasteiger partial charge < -0.3 is 10.2 Å². The summed E-state index contributed by atoms with van der Waals surface area (Å²) in [6, 6.07) is 8.81. The van der Waals surface area contributed by atoms with Crippen LogP contribution in [0.2, 0.25) is 0 Å². The summed E-state index contributed by atoms with van der Waals surface area (Å²) >= 11 is 0. The normalized spacial score (nSPS) is 14.0. The minimum atomic E-state index is -0.938. The highest BCUT2D eigenvalue weighted by Crippen LogP contribution is 2.41. The number of hydrogen-bond donors (Lipinski definition) is 2. The van der Waals surface area contributed by atoms with Crippen LogP contribution in [0.25, 0.3) is 12.2 Å². The van der Waals surface area contributed by atoms with E-state index in [4.69, 9.17) is 0 Å². The second-order valence-electron chi connectivity index (χ2n) is 12.5. The number of carboxylic acids is 2. The van der Waals surface area contributed by atoms with Crippen LogP contribution in [-0.2, 0) is 33.3 Å². The third kappa shape index (κ3) is 7.03. The van der Waals surface area contributed by atoms with Gasteiger partial charge in [0, 0.05) is 17.1 Å². The smallest absolute Gasteiger partial charge is 0.331 e. The Morgan fingerprint density at radius 2 is 1.03 bits per heavy atom. The second kappa shape index (κ2) is 11.7. The first-order valence-corrected chi connectivity index (χ1v) is 13.6. The quantitative estimate of drug-likeness (QED) is 0.343. The van der Waals surface area contributed by atoms with Crippen LogP contribution < -0.4 is 0 Å². The summed E-state index contributed by atoms with van der Waals surface area (Å²) in [4.78, 5) is 23.8. The number of carbonyl (C=O) groups is 2. The molecule has 38 heavy (non-hydrogen) atoms. The highest BCUT2D eigenvalue weighted by molar-refractivity contribution is 5.93. The molecule has 0 bridgehead atoms. The van der Waals surface area contributed by atoms with Gasteiger partial charge in [0.15, 0.2) is 0 Å². The van der Waals surface area contributed by atoms with Crippen molar-refractivity contribution >= 4 is 24.1 Å². The third-order valence-corrected chi connectivity index (χ3v) is 7.31. The van der Waals surface area contributed by atoms with E-state index in [1.807, 2.05) is 0 Å². The van der Waals surface area contributed by atoms with Gasteiger partial charge in [-0.2, -0.15) is 0 Å². The largest absolute Gasteiger partial charge is 0.478 e. The number of rotatable bonds is 8. The van der Waals surface area contributed by atoms with Gasteiger partial charge in [0.2, 0.25) is 0 Å². The highest BCUT2D eigenvalue weighted by Gasteiger charge is 2.27. The lowest BCUT2D eigenvalue weighted by Crippen LogP contribution is -2.19. The maximum atomic E-state index is 11.9.